The number of piperidine rings is 2. The quantitative estimate of drug-likeness (QED) is 0.268. The Bertz CT molecular complexity index is 1860. The van der Waals surface area contributed by atoms with E-state index in [1.165, 1.54) is 0 Å². The summed E-state index contributed by atoms with van der Waals surface area (Å²) in [6.07, 6.45) is 5.35. The third-order valence-electron chi connectivity index (χ3n) is 9.31. The normalized spacial score (nSPS) is 23.3. The number of rotatable bonds is 6. The Balaban J connectivity index is 1.02. The standard InChI is InChI=1S/C32H34ClN9O3/c1-18-17-41(31-34-16-23(33)29(39-31)37-22-4-6-25-19(12-22)14-28(44)40(25)3)11-9-24(18)36-21-5-7-26-20(13-21)15-35-42(26)32(2)10-8-27(43)38-30(32)45/h4-7,12-13,15-16,18,24,36H,8-11,14,17H2,1-3H3,(H,34,37,39)(H,38,43,45)/t18-,24-,32?/m1/s1. The van der Waals surface area contributed by atoms with Gasteiger partial charge in [-0.3, -0.25) is 19.7 Å². The Morgan fingerprint density at radius 3 is 2.71 bits per heavy atom. The zero-order valence-corrected chi connectivity index (χ0v) is 26.1. The molecule has 3 aliphatic rings. The van der Waals surface area contributed by atoms with Crippen molar-refractivity contribution < 1.29 is 14.4 Å². The van der Waals surface area contributed by atoms with E-state index < -0.39 is 5.54 Å². The molecule has 3 aliphatic heterocycles. The van der Waals surface area contributed by atoms with Crippen LogP contribution in [0.15, 0.2) is 48.8 Å². The summed E-state index contributed by atoms with van der Waals surface area (Å²) in [4.78, 5) is 49.6. The molecule has 2 aromatic heterocycles. The van der Waals surface area contributed by atoms with Gasteiger partial charge in [0.25, 0.3) is 5.91 Å². The molecule has 1 unspecified atom stereocenters. The molecular weight excluding hydrogens is 594 g/mol. The number of anilines is 5. The number of fused-ring (bicyclic) bond motifs is 2. The van der Waals surface area contributed by atoms with Gasteiger partial charge in [-0.2, -0.15) is 10.1 Å². The molecule has 5 heterocycles. The van der Waals surface area contributed by atoms with Crippen molar-refractivity contribution in [1.29, 1.82) is 0 Å². The third-order valence-corrected chi connectivity index (χ3v) is 9.58. The number of carbonyl (C=O) groups excluding carboxylic acids is 3. The number of likely N-dealkylation sites (N-methyl/N-ethyl adjacent to an activating group) is 1. The summed E-state index contributed by atoms with van der Waals surface area (Å²) in [7, 11) is 1.79. The van der Waals surface area contributed by atoms with Gasteiger partial charge in [-0.25, -0.2) is 9.67 Å². The topological polar surface area (TPSA) is 137 Å². The van der Waals surface area contributed by atoms with Crippen LogP contribution >= 0.6 is 11.6 Å². The second kappa shape index (κ2) is 11.0. The third kappa shape index (κ3) is 5.22. The number of carbonyl (C=O) groups is 3. The second-order valence-corrected chi connectivity index (χ2v) is 12.8. The minimum absolute atomic E-state index is 0.0763. The van der Waals surface area contributed by atoms with Crippen molar-refractivity contribution >= 4 is 69.1 Å². The zero-order valence-electron chi connectivity index (χ0n) is 25.3. The Morgan fingerprint density at radius 2 is 1.91 bits per heavy atom. The smallest absolute Gasteiger partial charge is 0.254 e. The summed E-state index contributed by atoms with van der Waals surface area (Å²) < 4.78 is 1.73. The molecule has 45 heavy (non-hydrogen) atoms. The molecule has 2 fully saturated rings. The first-order valence-electron chi connectivity index (χ1n) is 15.1. The monoisotopic (exact) mass is 627 g/mol. The summed E-state index contributed by atoms with van der Waals surface area (Å²) in [6, 6.07) is 12.1. The van der Waals surface area contributed by atoms with E-state index in [-0.39, 0.29) is 30.2 Å². The largest absolute Gasteiger partial charge is 0.382 e. The Kier molecular flexibility index (Phi) is 7.11. The lowest BCUT2D eigenvalue weighted by molar-refractivity contribution is -0.140. The maximum Gasteiger partial charge on any atom is 0.254 e. The molecule has 13 heteroatoms. The number of nitrogens with one attached hydrogen (secondary N) is 3. The number of imide groups is 1. The van der Waals surface area contributed by atoms with Crippen LogP contribution in [0.1, 0.15) is 38.7 Å². The zero-order chi connectivity index (χ0) is 31.5. The minimum Gasteiger partial charge on any atom is -0.382 e. The molecule has 7 rings (SSSR count). The molecule has 12 nitrogen and oxygen atoms in total. The molecule has 0 spiro atoms. The summed E-state index contributed by atoms with van der Waals surface area (Å²) in [6.45, 7) is 5.56. The maximum atomic E-state index is 12.7. The van der Waals surface area contributed by atoms with E-state index >= 15 is 0 Å². The fourth-order valence-electron chi connectivity index (χ4n) is 6.55. The highest BCUT2D eigenvalue weighted by atomic mass is 35.5. The molecule has 4 aromatic rings. The molecular formula is C32H34ClN9O3. The molecule has 0 radical (unpaired) electrons. The van der Waals surface area contributed by atoms with Gasteiger partial charge in [-0.1, -0.05) is 18.5 Å². The lowest BCUT2D eigenvalue weighted by Crippen LogP contribution is -2.53. The van der Waals surface area contributed by atoms with E-state index in [0.717, 1.165) is 53.0 Å². The van der Waals surface area contributed by atoms with Gasteiger partial charge in [0.1, 0.15) is 10.6 Å². The number of hydrogen-bond acceptors (Lipinski definition) is 9. The Hall–Kier alpha value is -4.71. The van der Waals surface area contributed by atoms with E-state index in [4.69, 9.17) is 16.6 Å². The van der Waals surface area contributed by atoms with Crippen molar-refractivity contribution in [2.75, 3.05) is 40.6 Å². The average molecular weight is 628 g/mol. The Morgan fingerprint density at radius 1 is 1.09 bits per heavy atom. The predicted molar refractivity (Wildman–Crippen MR) is 173 cm³/mol. The molecule has 3 N–H and O–H groups in total. The molecule has 3 amide bonds. The highest BCUT2D eigenvalue weighted by molar-refractivity contribution is 6.32. The van der Waals surface area contributed by atoms with Crippen LogP contribution in [0, 0.1) is 5.92 Å². The molecule has 0 bridgehead atoms. The summed E-state index contributed by atoms with van der Waals surface area (Å²) in [5, 5.41) is 15.3. The fourth-order valence-corrected chi connectivity index (χ4v) is 6.69. The van der Waals surface area contributed by atoms with Crippen molar-refractivity contribution in [3.63, 3.8) is 0 Å². The van der Waals surface area contributed by atoms with Crippen molar-refractivity contribution in [2.24, 2.45) is 5.92 Å². The van der Waals surface area contributed by atoms with E-state index in [2.05, 4.69) is 43.9 Å². The molecule has 232 valence electrons. The van der Waals surface area contributed by atoms with E-state index in [9.17, 15) is 14.4 Å². The van der Waals surface area contributed by atoms with Gasteiger partial charge in [0.15, 0.2) is 5.82 Å². The van der Waals surface area contributed by atoms with Gasteiger partial charge >= 0.3 is 0 Å². The number of amides is 3. The number of aromatic nitrogens is 4. The molecule has 0 aliphatic carbocycles. The SMILES string of the molecule is C[C@@H]1CN(c2ncc(Cl)c(Nc3ccc4c(c3)CC(=O)N4C)n2)CC[C@H]1Nc1ccc2c(cnn2C2(C)CCC(=O)NC2=O)c1. The first-order chi connectivity index (χ1) is 21.6. The van der Waals surface area contributed by atoms with Crippen molar-refractivity contribution in [3.8, 4) is 0 Å². The predicted octanol–water partition coefficient (Wildman–Crippen LogP) is 4.22. The van der Waals surface area contributed by atoms with Gasteiger partial charge in [-0.15, -0.1) is 0 Å². The van der Waals surface area contributed by atoms with Crippen molar-refractivity contribution in [1.82, 2.24) is 25.1 Å². The molecule has 3 atom stereocenters. The lowest BCUT2D eigenvalue weighted by atomic mass is 9.91. The average Bonchev–Trinajstić information content (AvgIpc) is 3.57. The summed E-state index contributed by atoms with van der Waals surface area (Å²) in [5.74, 6) is 0.927. The van der Waals surface area contributed by atoms with E-state index in [1.807, 2.05) is 37.3 Å². The van der Waals surface area contributed by atoms with E-state index in [1.54, 1.807) is 29.0 Å². The maximum absolute atomic E-state index is 12.7. The van der Waals surface area contributed by atoms with Crippen molar-refractivity contribution in [2.45, 2.75) is 51.1 Å². The van der Waals surface area contributed by atoms with Gasteiger partial charge < -0.3 is 20.4 Å². The first kappa shape index (κ1) is 29.0. The second-order valence-electron chi connectivity index (χ2n) is 12.4. The fraction of sp³-hybridized carbons (Fsp3) is 0.375. The van der Waals surface area contributed by atoms with Crippen LogP contribution in [0.3, 0.4) is 0 Å². The van der Waals surface area contributed by atoms with Crippen LogP contribution in [0.2, 0.25) is 5.02 Å². The lowest BCUT2D eigenvalue weighted by Gasteiger charge is -2.38. The van der Waals surface area contributed by atoms with Crippen LogP contribution in [-0.4, -0.2) is 63.6 Å². The van der Waals surface area contributed by atoms with Gasteiger partial charge in [-0.05, 0) is 67.6 Å². The number of hydrogen-bond donors (Lipinski definition) is 3. The number of benzene rings is 2. The van der Waals surface area contributed by atoms with Gasteiger partial charge in [0.2, 0.25) is 17.8 Å². The summed E-state index contributed by atoms with van der Waals surface area (Å²) >= 11 is 6.48. The van der Waals surface area contributed by atoms with Crippen LogP contribution in [0.4, 0.5) is 28.8 Å². The van der Waals surface area contributed by atoms with E-state index in [0.29, 0.717) is 35.5 Å². The van der Waals surface area contributed by atoms with Crippen LogP contribution in [0.25, 0.3) is 10.9 Å². The number of nitrogens with zero attached hydrogens (tertiary/aromatic N) is 6. The van der Waals surface area contributed by atoms with Gasteiger partial charge in [0.05, 0.1) is 24.3 Å². The van der Waals surface area contributed by atoms with Crippen LogP contribution < -0.4 is 25.8 Å². The molecule has 2 aromatic carbocycles. The molecule has 0 saturated carbocycles. The van der Waals surface area contributed by atoms with Crippen LogP contribution in [-0.2, 0) is 26.3 Å². The summed E-state index contributed by atoms with van der Waals surface area (Å²) in [5.41, 5.74) is 3.62. The van der Waals surface area contributed by atoms with Gasteiger partial charge in [0, 0.05) is 55.0 Å². The Labute approximate surface area is 265 Å². The molecule has 2 saturated heterocycles. The minimum atomic E-state index is -0.913. The number of halogens is 1. The van der Waals surface area contributed by atoms with Crippen molar-refractivity contribution in [3.05, 3.63) is 59.4 Å². The first-order valence-corrected chi connectivity index (χ1v) is 15.5. The highest BCUT2D eigenvalue weighted by Gasteiger charge is 2.41. The van der Waals surface area contributed by atoms with Crippen LogP contribution in [0.5, 0.6) is 0 Å². The highest BCUT2D eigenvalue weighted by Crippen LogP contribution is 2.34.